The van der Waals surface area contributed by atoms with Gasteiger partial charge in [0.05, 0.1) is 0 Å². The van der Waals surface area contributed by atoms with Gasteiger partial charge >= 0.3 is 18.2 Å². The molecular formula is C9H11F3N2O3. The van der Waals surface area contributed by atoms with Crippen LogP contribution in [0.1, 0.15) is 26.7 Å². The normalized spacial score (nSPS) is 12.6. The van der Waals surface area contributed by atoms with E-state index < -0.39 is 18.2 Å². The van der Waals surface area contributed by atoms with E-state index in [2.05, 4.69) is 19.4 Å². The molecule has 0 saturated carbocycles. The molecule has 17 heavy (non-hydrogen) atoms. The lowest BCUT2D eigenvalue weighted by atomic mass is 9.92. The summed E-state index contributed by atoms with van der Waals surface area (Å²) in [6.07, 6.45) is -4.71. The number of carbonyl (C=O) groups is 1. The Labute approximate surface area is 94.9 Å². The summed E-state index contributed by atoms with van der Waals surface area (Å²) in [5.74, 6) is -2.26. The summed E-state index contributed by atoms with van der Waals surface area (Å²) in [7, 11) is 0. The Morgan fingerprint density at radius 1 is 1.35 bits per heavy atom. The lowest BCUT2D eigenvalue weighted by Crippen LogP contribution is -2.28. The van der Waals surface area contributed by atoms with Gasteiger partial charge in [-0.2, -0.15) is 18.2 Å². The van der Waals surface area contributed by atoms with E-state index in [4.69, 9.17) is 0 Å². The van der Waals surface area contributed by atoms with Gasteiger partial charge < -0.3 is 9.26 Å². The van der Waals surface area contributed by atoms with Crippen LogP contribution in [0.15, 0.2) is 4.52 Å². The predicted molar refractivity (Wildman–Crippen MR) is 49.1 cm³/mol. The van der Waals surface area contributed by atoms with E-state index in [-0.39, 0.29) is 11.3 Å². The maximum atomic E-state index is 11.9. The molecule has 0 aliphatic carbocycles. The molecule has 1 aromatic heterocycles. The van der Waals surface area contributed by atoms with Gasteiger partial charge in [0, 0.05) is 6.42 Å². The molecule has 1 aromatic rings. The number of rotatable bonds is 2. The van der Waals surface area contributed by atoms with Crippen molar-refractivity contribution in [3.05, 3.63) is 5.89 Å². The second kappa shape index (κ2) is 4.34. The second-order valence-electron chi connectivity index (χ2n) is 4.60. The van der Waals surface area contributed by atoms with Gasteiger partial charge in [0.1, 0.15) is 0 Å². The smallest absolute Gasteiger partial charge is 0.382 e. The lowest BCUT2D eigenvalue weighted by molar-refractivity contribution is -0.190. The first-order valence-corrected chi connectivity index (χ1v) is 4.69. The maximum Gasteiger partial charge on any atom is 0.491 e. The van der Waals surface area contributed by atoms with Crippen LogP contribution in [-0.2, 0) is 11.2 Å². The highest BCUT2D eigenvalue weighted by Gasteiger charge is 2.42. The molecule has 8 heteroatoms. The molecule has 96 valence electrons. The quantitative estimate of drug-likeness (QED) is 0.754. The summed E-state index contributed by atoms with van der Waals surface area (Å²) in [6, 6.07) is -0.730. The summed E-state index contributed by atoms with van der Waals surface area (Å²) in [6.45, 7) is 5.66. The zero-order chi connectivity index (χ0) is 13.3. The summed E-state index contributed by atoms with van der Waals surface area (Å²) in [5.41, 5.74) is -0.169. The Hall–Kier alpha value is -1.60. The minimum atomic E-state index is -5.08. The molecule has 0 fully saturated rings. The van der Waals surface area contributed by atoms with Crippen molar-refractivity contribution in [2.75, 3.05) is 0 Å². The monoisotopic (exact) mass is 252 g/mol. The van der Waals surface area contributed by atoms with E-state index >= 15 is 0 Å². The molecule has 0 atom stereocenters. The molecular weight excluding hydrogens is 241 g/mol. The Bertz CT molecular complexity index is 406. The van der Waals surface area contributed by atoms with Gasteiger partial charge in [-0.3, -0.25) is 0 Å². The third-order valence-electron chi connectivity index (χ3n) is 1.55. The lowest BCUT2D eigenvalue weighted by Gasteiger charge is -2.13. The molecule has 1 rings (SSSR count). The topological polar surface area (TPSA) is 65.2 Å². The van der Waals surface area contributed by atoms with Crippen molar-refractivity contribution in [1.29, 1.82) is 0 Å². The van der Waals surface area contributed by atoms with Crippen molar-refractivity contribution in [2.45, 2.75) is 33.4 Å². The van der Waals surface area contributed by atoms with Gasteiger partial charge in [-0.15, -0.1) is 0 Å². The number of carbonyl (C=O) groups excluding carboxylic acids is 1. The molecule has 1 heterocycles. The van der Waals surface area contributed by atoms with Crippen LogP contribution in [0.25, 0.3) is 0 Å². The van der Waals surface area contributed by atoms with E-state index in [0.29, 0.717) is 6.42 Å². The van der Waals surface area contributed by atoms with Gasteiger partial charge in [-0.25, -0.2) is 4.79 Å². The maximum absolute atomic E-state index is 11.9. The standard InChI is InChI=1S/C9H11F3N2O3/c1-8(2,3)4-5-13-7(14-17-5)16-6(15)9(10,11)12/h4H2,1-3H3. The molecule has 0 aliphatic heterocycles. The Kier molecular flexibility index (Phi) is 3.44. The molecule has 0 saturated heterocycles. The molecule has 0 N–H and O–H groups in total. The summed E-state index contributed by atoms with van der Waals surface area (Å²) in [5, 5.41) is 3.12. The van der Waals surface area contributed by atoms with E-state index in [1.54, 1.807) is 0 Å². The zero-order valence-corrected chi connectivity index (χ0v) is 9.46. The summed E-state index contributed by atoms with van der Waals surface area (Å²) in [4.78, 5) is 14.0. The zero-order valence-electron chi connectivity index (χ0n) is 9.46. The van der Waals surface area contributed by atoms with Crippen LogP contribution < -0.4 is 4.74 Å². The fraction of sp³-hybridized carbons (Fsp3) is 0.667. The van der Waals surface area contributed by atoms with Gasteiger partial charge in [-0.1, -0.05) is 20.8 Å². The number of aromatic nitrogens is 2. The van der Waals surface area contributed by atoms with Crippen molar-refractivity contribution >= 4 is 5.97 Å². The first-order chi connectivity index (χ1) is 7.58. The fourth-order valence-electron chi connectivity index (χ4n) is 0.947. The highest BCUT2D eigenvalue weighted by atomic mass is 19.4. The van der Waals surface area contributed by atoms with Crippen molar-refractivity contribution in [2.24, 2.45) is 5.41 Å². The third kappa shape index (κ3) is 4.41. The molecule has 0 bridgehead atoms. The molecule has 0 aromatic carbocycles. The average Bonchev–Trinajstić information content (AvgIpc) is 2.47. The van der Waals surface area contributed by atoms with Crippen molar-refractivity contribution in [3.63, 3.8) is 0 Å². The summed E-state index contributed by atoms with van der Waals surface area (Å²) >= 11 is 0. The van der Waals surface area contributed by atoms with Crippen LogP contribution in [0.3, 0.4) is 0 Å². The Morgan fingerprint density at radius 3 is 2.41 bits per heavy atom. The first kappa shape index (κ1) is 13.5. The second-order valence-corrected chi connectivity index (χ2v) is 4.60. The van der Waals surface area contributed by atoms with Crippen LogP contribution in [0.2, 0.25) is 0 Å². The van der Waals surface area contributed by atoms with Crippen LogP contribution in [0.5, 0.6) is 6.01 Å². The van der Waals surface area contributed by atoms with Gasteiger partial charge in [0.15, 0.2) is 0 Å². The summed E-state index contributed by atoms with van der Waals surface area (Å²) < 4.78 is 44.1. The van der Waals surface area contributed by atoms with Crippen molar-refractivity contribution in [1.82, 2.24) is 10.1 Å². The van der Waals surface area contributed by atoms with Crippen LogP contribution in [0.4, 0.5) is 13.2 Å². The van der Waals surface area contributed by atoms with Crippen LogP contribution in [-0.4, -0.2) is 22.3 Å². The number of ether oxygens (including phenoxy) is 1. The van der Waals surface area contributed by atoms with Crippen molar-refractivity contribution in [3.8, 4) is 6.01 Å². The molecule has 5 nitrogen and oxygen atoms in total. The molecule has 0 unspecified atom stereocenters. The number of alkyl halides is 3. The largest absolute Gasteiger partial charge is 0.491 e. The molecule has 0 spiro atoms. The third-order valence-corrected chi connectivity index (χ3v) is 1.55. The Balaban J connectivity index is 2.67. The minimum absolute atomic E-state index is 0.113. The van der Waals surface area contributed by atoms with Gasteiger partial charge in [0.25, 0.3) is 0 Å². The van der Waals surface area contributed by atoms with E-state index in [9.17, 15) is 18.0 Å². The number of nitrogens with zero attached hydrogens (tertiary/aromatic N) is 2. The highest BCUT2D eigenvalue weighted by molar-refractivity contribution is 5.77. The van der Waals surface area contributed by atoms with E-state index in [1.807, 2.05) is 20.8 Å². The van der Waals surface area contributed by atoms with Gasteiger partial charge in [0.2, 0.25) is 5.89 Å². The highest BCUT2D eigenvalue weighted by Crippen LogP contribution is 2.22. The van der Waals surface area contributed by atoms with Crippen LogP contribution >= 0.6 is 0 Å². The van der Waals surface area contributed by atoms with E-state index in [0.717, 1.165) is 0 Å². The molecule has 0 radical (unpaired) electrons. The first-order valence-electron chi connectivity index (χ1n) is 4.69. The fourth-order valence-corrected chi connectivity index (χ4v) is 0.947. The number of hydrogen-bond acceptors (Lipinski definition) is 5. The molecule has 0 amide bonds. The van der Waals surface area contributed by atoms with Crippen LogP contribution in [0, 0.1) is 5.41 Å². The van der Waals surface area contributed by atoms with E-state index in [1.165, 1.54) is 0 Å². The average molecular weight is 252 g/mol. The predicted octanol–water partition coefficient (Wildman–Crippen LogP) is 2.13. The number of hydrogen-bond donors (Lipinski definition) is 0. The molecule has 0 aliphatic rings. The minimum Gasteiger partial charge on any atom is -0.382 e. The SMILES string of the molecule is CC(C)(C)Cc1nc(OC(=O)C(F)(F)F)no1. The van der Waals surface area contributed by atoms with Crippen molar-refractivity contribution < 1.29 is 27.2 Å². The van der Waals surface area contributed by atoms with Gasteiger partial charge in [-0.05, 0) is 10.6 Å². The Morgan fingerprint density at radius 2 is 1.94 bits per heavy atom. The number of esters is 1. The number of halogens is 3.